The molecule has 0 spiro atoms. The van der Waals surface area contributed by atoms with Crippen LogP contribution in [-0.4, -0.2) is 30.9 Å². The van der Waals surface area contributed by atoms with E-state index < -0.39 is 17.8 Å². The summed E-state index contributed by atoms with van der Waals surface area (Å²) in [5.74, 6) is -2.19. The van der Waals surface area contributed by atoms with Crippen LogP contribution < -0.4 is 14.9 Å². The first-order valence-corrected chi connectivity index (χ1v) is 9.16. The molecule has 2 aromatic rings. The van der Waals surface area contributed by atoms with Gasteiger partial charge in [-0.05, 0) is 42.7 Å². The summed E-state index contributed by atoms with van der Waals surface area (Å²) < 4.78 is 0. The van der Waals surface area contributed by atoms with E-state index in [1.54, 1.807) is 30.3 Å². The summed E-state index contributed by atoms with van der Waals surface area (Å²) >= 11 is 0. The van der Waals surface area contributed by atoms with Crippen LogP contribution in [0.15, 0.2) is 42.5 Å². The molecule has 2 aliphatic heterocycles. The number of hydrogen-bond acceptors (Lipinski definition) is 5. The highest BCUT2D eigenvalue weighted by Gasteiger charge is 2.38. The number of imide groups is 1. The molecule has 0 bridgehead atoms. The summed E-state index contributed by atoms with van der Waals surface area (Å²) in [6, 6.07) is 11.2. The standard InChI is InChI=1S/C21H20N2O4/c24-19-15-7-3-4-8-16(15)20(25)23(19)18-13-14(21(26)27)9-10-17(18)22-11-5-1-2-6-12-22/h3-4,7-10,13H,1-2,5-6,11-12H2,(H,26,27)/p-1. The number of nitrogens with zero attached hydrogens (tertiary/aromatic N) is 2. The van der Waals surface area contributed by atoms with Crippen molar-refractivity contribution in [1.29, 1.82) is 0 Å². The highest BCUT2D eigenvalue weighted by molar-refractivity contribution is 6.35. The van der Waals surface area contributed by atoms with Crippen molar-refractivity contribution < 1.29 is 19.5 Å². The zero-order valence-corrected chi connectivity index (χ0v) is 14.8. The van der Waals surface area contributed by atoms with Crippen molar-refractivity contribution in [2.45, 2.75) is 25.7 Å². The zero-order chi connectivity index (χ0) is 19.0. The Labute approximate surface area is 157 Å². The molecule has 2 aliphatic rings. The average molecular weight is 363 g/mol. The third-order valence-corrected chi connectivity index (χ3v) is 5.19. The number of benzene rings is 2. The molecule has 0 aliphatic carbocycles. The number of rotatable bonds is 3. The summed E-state index contributed by atoms with van der Waals surface area (Å²) in [6.45, 7) is 1.61. The Morgan fingerprint density at radius 3 is 1.96 bits per heavy atom. The maximum absolute atomic E-state index is 12.9. The molecule has 6 nitrogen and oxygen atoms in total. The van der Waals surface area contributed by atoms with E-state index in [0.29, 0.717) is 22.5 Å². The lowest BCUT2D eigenvalue weighted by atomic mass is 10.1. The fourth-order valence-corrected chi connectivity index (χ4v) is 3.82. The van der Waals surface area contributed by atoms with Gasteiger partial charge in [-0.15, -0.1) is 0 Å². The number of carboxylic acid groups (broad SMARTS) is 1. The van der Waals surface area contributed by atoms with E-state index in [2.05, 4.69) is 4.90 Å². The van der Waals surface area contributed by atoms with Gasteiger partial charge in [0.1, 0.15) is 0 Å². The molecule has 4 rings (SSSR count). The van der Waals surface area contributed by atoms with Gasteiger partial charge in [-0.25, -0.2) is 4.90 Å². The topological polar surface area (TPSA) is 80.8 Å². The SMILES string of the molecule is O=C([O-])c1ccc(N2CCCCCC2)c(N2C(=O)c3ccccc3C2=O)c1. The van der Waals surface area contributed by atoms with Crippen molar-refractivity contribution >= 4 is 29.2 Å². The van der Waals surface area contributed by atoms with Crippen LogP contribution in [0.2, 0.25) is 0 Å². The molecule has 6 heteroatoms. The van der Waals surface area contributed by atoms with Gasteiger partial charge < -0.3 is 14.8 Å². The lowest BCUT2D eigenvalue weighted by Crippen LogP contribution is -2.33. The van der Waals surface area contributed by atoms with E-state index >= 15 is 0 Å². The van der Waals surface area contributed by atoms with Gasteiger partial charge in [-0.1, -0.05) is 31.0 Å². The Morgan fingerprint density at radius 1 is 0.815 bits per heavy atom. The molecule has 2 amide bonds. The summed E-state index contributed by atoms with van der Waals surface area (Å²) in [5, 5.41) is 11.4. The minimum Gasteiger partial charge on any atom is -0.545 e. The minimum atomic E-state index is -1.34. The Hall–Kier alpha value is -3.15. The van der Waals surface area contributed by atoms with E-state index in [9.17, 15) is 19.5 Å². The van der Waals surface area contributed by atoms with Crippen molar-refractivity contribution in [2.75, 3.05) is 22.9 Å². The van der Waals surface area contributed by atoms with Crippen LogP contribution >= 0.6 is 0 Å². The summed E-state index contributed by atoms with van der Waals surface area (Å²) in [6.07, 6.45) is 4.31. The zero-order valence-electron chi connectivity index (χ0n) is 14.8. The van der Waals surface area contributed by atoms with Gasteiger partial charge >= 0.3 is 0 Å². The van der Waals surface area contributed by atoms with Gasteiger partial charge in [-0.3, -0.25) is 9.59 Å². The summed E-state index contributed by atoms with van der Waals surface area (Å²) in [4.78, 5) is 40.4. The van der Waals surface area contributed by atoms with Crippen LogP contribution in [0.25, 0.3) is 0 Å². The minimum absolute atomic E-state index is 0.0554. The second-order valence-corrected chi connectivity index (χ2v) is 6.88. The number of carbonyl (C=O) groups is 3. The normalized spacial score (nSPS) is 17.0. The van der Waals surface area contributed by atoms with Crippen molar-refractivity contribution in [2.24, 2.45) is 0 Å². The third kappa shape index (κ3) is 2.97. The van der Waals surface area contributed by atoms with Gasteiger partial charge in [-0.2, -0.15) is 0 Å². The van der Waals surface area contributed by atoms with Gasteiger partial charge in [0.05, 0.1) is 28.5 Å². The average Bonchev–Trinajstić information content (AvgIpc) is 2.86. The van der Waals surface area contributed by atoms with E-state index in [4.69, 9.17) is 0 Å². The van der Waals surface area contributed by atoms with Gasteiger partial charge in [0.15, 0.2) is 0 Å². The smallest absolute Gasteiger partial charge is 0.266 e. The molecule has 0 radical (unpaired) electrons. The molecule has 27 heavy (non-hydrogen) atoms. The number of hydrogen-bond donors (Lipinski definition) is 0. The number of anilines is 2. The molecular weight excluding hydrogens is 344 g/mol. The van der Waals surface area contributed by atoms with Crippen molar-refractivity contribution in [3.8, 4) is 0 Å². The molecular formula is C21H19N2O4-. The molecule has 0 atom stereocenters. The Morgan fingerprint density at radius 2 is 1.41 bits per heavy atom. The largest absolute Gasteiger partial charge is 0.545 e. The Balaban J connectivity index is 1.83. The van der Waals surface area contributed by atoms with Crippen LogP contribution in [0.1, 0.15) is 56.8 Å². The predicted molar refractivity (Wildman–Crippen MR) is 99.0 cm³/mol. The van der Waals surface area contributed by atoms with Gasteiger partial charge in [0, 0.05) is 13.1 Å². The monoisotopic (exact) mass is 363 g/mol. The van der Waals surface area contributed by atoms with Crippen molar-refractivity contribution in [1.82, 2.24) is 0 Å². The maximum Gasteiger partial charge on any atom is 0.266 e. The molecule has 2 heterocycles. The predicted octanol–water partition coefficient (Wildman–Crippen LogP) is 2.23. The second-order valence-electron chi connectivity index (χ2n) is 6.88. The van der Waals surface area contributed by atoms with Crippen molar-refractivity contribution in [3.63, 3.8) is 0 Å². The third-order valence-electron chi connectivity index (χ3n) is 5.19. The molecule has 2 aromatic carbocycles. The Kier molecular flexibility index (Phi) is 4.39. The molecule has 0 N–H and O–H groups in total. The Bertz CT molecular complexity index is 895. The van der Waals surface area contributed by atoms with Crippen LogP contribution in [0.3, 0.4) is 0 Å². The molecule has 1 saturated heterocycles. The first-order chi connectivity index (χ1) is 13.1. The van der Waals surface area contributed by atoms with Gasteiger partial charge in [0.2, 0.25) is 0 Å². The fourth-order valence-electron chi connectivity index (χ4n) is 3.82. The molecule has 0 aromatic heterocycles. The summed E-state index contributed by atoms with van der Waals surface area (Å²) in [7, 11) is 0. The number of aromatic carboxylic acids is 1. The lowest BCUT2D eigenvalue weighted by molar-refractivity contribution is -0.255. The van der Waals surface area contributed by atoms with Crippen LogP contribution in [0.5, 0.6) is 0 Å². The van der Waals surface area contributed by atoms with E-state index in [1.165, 1.54) is 12.1 Å². The van der Waals surface area contributed by atoms with Crippen LogP contribution in [-0.2, 0) is 0 Å². The second kappa shape index (κ2) is 6.87. The molecule has 0 saturated carbocycles. The lowest BCUT2D eigenvalue weighted by Gasteiger charge is -2.28. The van der Waals surface area contributed by atoms with E-state index in [-0.39, 0.29) is 5.56 Å². The number of amides is 2. The highest BCUT2D eigenvalue weighted by Crippen LogP contribution is 2.37. The quantitative estimate of drug-likeness (QED) is 0.781. The number of carboxylic acids is 1. The fraction of sp³-hybridized carbons (Fsp3) is 0.286. The van der Waals surface area contributed by atoms with Crippen LogP contribution in [0, 0.1) is 0 Å². The highest BCUT2D eigenvalue weighted by atomic mass is 16.4. The molecule has 1 fully saturated rings. The molecule has 138 valence electrons. The first kappa shape index (κ1) is 17.3. The first-order valence-electron chi connectivity index (χ1n) is 9.16. The number of fused-ring (bicyclic) bond motifs is 1. The van der Waals surface area contributed by atoms with Crippen molar-refractivity contribution in [3.05, 3.63) is 59.2 Å². The molecule has 0 unspecified atom stereocenters. The maximum atomic E-state index is 12.9. The van der Waals surface area contributed by atoms with Crippen LogP contribution in [0.4, 0.5) is 11.4 Å². The number of carbonyl (C=O) groups excluding carboxylic acids is 3. The summed E-state index contributed by atoms with van der Waals surface area (Å²) in [5.41, 5.74) is 1.63. The van der Waals surface area contributed by atoms with Gasteiger partial charge in [0.25, 0.3) is 11.8 Å². The van der Waals surface area contributed by atoms with E-state index in [1.807, 2.05) is 0 Å². The van der Waals surface area contributed by atoms with E-state index in [0.717, 1.165) is 43.7 Å².